The number of benzene rings is 1. The number of imide groups is 1. The Morgan fingerprint density at radius 1 is 1.43 bits per heavy atom. The first kappa shape index (κ1) is 8.55. The van der Waals surface area contributed by atoms with Crippen LogP contribution >= 0.6 is 0 Å². The lowest BCUT2D eigenvalue weighted by molar-refractivity contribution is -0.116. The van der Waals surface area contributed by atoms with Gasteiger partial charge in [-0.25, -0.2) is 9.69 Å². The minimum absolute atomic E-state index is 0.0172. The fraction of sp³-hybridized carbons (Fsp3) is 0.111. The summed E-state index contributed by atoms with van der Waals surface area (Å²) in [7, 11) is 0. The zero-order chi connectivity index (χ0) is 10.1. The minimum Gasteiger partial charge on any atom is -0.464 e. The van der Waals surface area contributed by atoms with Crippen LogP contribution in [0.3, 0.4) is 0 Å². The normalized spacial score (nSPS) is 14.6. The summed E-state index contributed by atoms with van der Waals surface area (Å²) in [5.41, 5.74) is 1.05. The van der Waals surface area contributed by atoms with Crippen LogP contribution in [0.25, 0.3) is 0 Å². The van der Waals surface area contributed by atoms with Gasteiger partial charge in [-0.1, -0.05) is 12.1 Å². The molecule has 0 spiro atoms. The summed E-state index contributed by atoms with van der Waals surface area (Å²) in [5.74, 6) is -0.462. The summed E-state index contributed by atoms with van der Waals surface area (Å²) in [4.78, 5) is 22.8. The molecule has 0 atom stereocenters. The highest BCUT2D eigenvalue weighted by atomic mass is 16.4. The number of rotatable bonds is 0. The average Bonchev–Trinajstić information content (AvgIpc) is 2.17. The summed E-state index contributed by atoms with van der Waals surface area (Å²) in [6.07, 6.45) is -1.25. The predicted molar refractivity (Wildman–Crippen MR) is 50.4 cm³/mol. The SMILES string of the molecule is O=C(O)N1C(=O)CNc2ccccc21. The van der Waals surface area contributed by atoms with E-state index in [-0.39, 0.29) is 6.54 Å². The number of hydrogen-bond acceptors (Lipinski definition) is 3. The van der Waals surface area contributed by atoms with E-state index in [2.05, 4.69) is 5.32 Å². The van der Waals surface area contributed by atoms with Gasteiger partial charge in [-0.05, 0) is 12.1 Å². The van der Waals surface area contributed by atoms with Crippen molar-refractivity contribution in [2.45, 2.75) is 0 Å². The molecule has 1 aliphatic rings. The first-order valence-electron chi connectivity index (χ1n) is 4.09. The molecule has 0 bridgehead atoms. The second kappa shape index (κ2) is 3.02. The van der Waals surface area contributed by atoms with Crippen molar-refractivity contribution in [3.63, 3.8) is 0 Å². The molecule has 0 saturated carbocycles. The molecule has 5 nitrogen and oxygen atoms in total. The Hall–Kier alpha value is -2.04. The fourth-order valence-electron chi connectivity index (χ4n) is 1.41. The number of para-hydroxylation sites is 2. The van der Waals surface area contributed by atoms with E-state index in [0.717, 1.165) is 4.90 Å². The van der Waals surface area contributed by atoms with Crippen molar-refractivity contribution in [1.29, 1.82) is 0 Å². The maximum Gasteiger partial charge on any atom is 0.418 e. The Morgan fingerprint density at radius 2 is 2.14 bits per heavy atom. The van der Waals surface area contributed by atoms with Gasteiger partial charge in [0.25, 0.3) is 5.91 Å². The third-order valence-electron chi connectivity index (χ3n) is 2.02. The summed E-state index contributed by atoms with van der Waals surface area (Å²) in [6.45, 7) is 0.0172. The van der Waals surface area contributed by atoms with Gasteiger partial charge in [-0.2, -0.15) is 0 Å². The fourth-order valence-corrected chi connectivity index (χ4v) is 1.41. The van der Waals surface area contributed by atoms with Gasteiger partial charge in [0.1, 0.15) is 0 Å². The van der Waals surface area contributed by atoms with Gasteiger partial charge in [-0.3, -0.25) is 4.79 Å². The van der Waals surface area contributed by atoms with E-state index in [1.807, 2.05) is 0 Å². The Labute approximate surface area is 79.9 Å². The maximum atomic E-state index is 11.3. The molecule has 0 aliphatic carbocycles. The molecule has 1 aliphatic heterocycles. The van der Waals surface area contributed by atoms with Crippen molar-refractivity contribution < 1.29 is 14.7 Å². The lowest BCUT2D eigenvalue weighted by Crippen LogP contribution is -2.43. The molecule has 1 aromatic rings. The van der Waals surface area contributed by atoms with E-state index in [0.29, 0.717) is 11.4 Å². The molecular formula is C9H8N2O3. The van der Waals surface area contributed by atoms with Gasteiger partial charge >= 0.3 is 6.09 Å². The molecule has 2 rings (SSSR count). The zero-order valence-electron chi connectivity index (χ0n) is 7.23. The number of anilines is 2. The van der Waals surface area contributed by atoms with Gasteiger partial charge < -0.3 is 10.4 Å². The summed E-state index contributed by atoms with van der Waals surface area (Å²) >= 11 is 0. The Balaban J connectivity index is 2.51. The van der Waals surface area contributed by atoms with Crippen LogP contribution in [-0.2, 0) is 4.79 Å². The van der Waals surface area contributed by atoms with Gasteiger partial charge in [-0.15, -0.1) is 0 Å². The van der Waals surface area contributed by atoms with Crippen molar-refractivity contribution in [3.05, 3.63) is 24.3 Å². The molecule has 1 aromatic carbocycles. The van der Waals surface area contributed by atoms with Crippen molar-refractivity contribution in [2.24, 2.45) is 0 Å². The van der Waals surface area contributed by atoms with E-state index in [1.165, 1.54) is 0 Å². The Morgan fingerprint density at radius 3 is 2.86 bits per heavy atom. The van der Waals surface area contributed by atoms with E-state index in [4.69, 9.17) is 5.11 Å². The number of nitrogens with one attached hydrogen (secondary N) is 1. The van der Waals surface area contributed by atoms with Crippen LogP contribution in [0.4, 0.5) is 16.2 Å². The van der Waals surface area contributed by atoms with Crippen molar-refractivity contribution >= 4 is 23.4 Å². The van der Waals surface area contributed by atoms with E-state index in [9.17, 15) is 9.59 Å². The molecule has 1 heterocycles. The number of amides is 2. The van der Waals surface area contributed by atoms with Gasteiger partial charge in [0, 0.05) is 0 Å². The largest absolute Gasteiger partial charge is 0.464 e. The second-order valence-electron chi connectivity index (χ2n) is 2.88. The quantitative estimate of drug-likeness (QED) is 0.646. The summed E-state index contributed by atoms with van der Waals surface area (Å²) in [6, 6.07) is 6.79. The zero-order valence-corrected chi connectivity index (χ0v) is 7.23. The third-order valence-corrected chi connectivity index (χ3v) is 2.02. The number of fused-ring (bicyclic) bond motifs is 1. The molecule has 14 heavy (non-hydrogen) atoms. The smallest absolute Gasteiger partial charge is 0.418 e. The highest BCUT2D eigenvalue weighted by molar-refractivity contribution is 6.16. The molecule has 0 saturated heterocycles. The van der Waals surface area contributed by atoms with E-state index >= 15 is 0 Å². The van der Waals surface area contributed by atoms with Crippen molar-refractivity contribution in [3.8, 4) is 0 Å². The number of hydrogen-bond donors (Lipinski definition) is 2. The number of carboxylic acid groups (broad SMARTS) is 1. The molecule has 0 radical (unpaired) electrons. The highest BCUT2D eigenvalue weighted by Gasteiger charge is 2.28. The Bertz CT molecular complexity index is 403. The molecule has 0 unspecified atom stereocenters. The number of carbonyl (C=O) groups is 2. The monoisotopic (exact) mass is 192 g/mol. The van der Waals surface area contributed by atoms with Crippen molar-refractivity contribution in [2.75, 3.05) is 16.8 Å². The van der Waals surface area contributed by atoms with Crippen LogP contribution in [0, 0.1) is 0 Å². The number of carbonyl (C=O) groups excluding carboxylic acids is 1. The summed E-state index contributed by atoms with van der Waals surface area (Å²) < 4.78 is 0. The highest BCUT2D eigenvalue weighted by Crippen LogP contribution is 2.28. The van der Waals surface area contributed by atoms with E-state index < -0.39 is 12.0 Å². The molecule has 72 valence electrons. The van der Waals surface area contributed by atoms with Crippen LogP contribution in [-0.4, -0.2) is 23.7 Å². The maximum absolute atomic E-state index is 11.3. The standard InChI is InChI=1S/C9H8N2O3/c12-8-5-10-6-3-1-2-4-7(6)11(8)9(13)14/h1-4,10H,5H2,(H,13,14). The molecular weight excluding hydrogens is 184 g/mol. The minimum atomic E-state index is -1.25. The predicted octanol–water partition coefficient (Wildman–Crippen LogP) is 1.12. The van der Waals surface area contributed by atoms with Crippen LogP contribution in [0.2, 0.25) is 0 Å². The third kappa shape index (κ3) is 1.19. The number of nitrogens with zero attached hydrogens (tertiary/aromatic N) is 1. The second-order valence-corrected chi connectivity index (χ2v) is 2.88. The topological polar surface area (TPSA) is 69.6 Å². The first-order valence-corrected chi connectivity index (χ1v) is 4.09. The van der Waals surface area contributed by atoms with E-state index in [1.54, 1.807) is 24.3 Å². The molecule has 0 fully saturated rings. The average molecular weight is 192 g/mol. The Kier molecular flexibility index (Phi) is 1.85. The lowest BCUT2D eigenvalue weighted by atomic mass is 10.2. The van der Waals surface area contributed by atoms with Crippen LogP contribution in [0.15, 0.2) is 24.3 Å². The molecule has 2 N–H and O–H groups in total. The van der Waals surface area contributed by atoms with Gasteiger partial charge in [0.15, 0.2) is 0 Å². The molecule has 0 aromatic heterocycles. The van der Waals surface area contributed by atoms with Crippen LogP contribution in [0.5, 0.6) is 0 Å². The molecule has 5 heteroatoms. The van der Waals surface area contributed by atoms with Crippen LogP contribution < -0.4 is 10.2 Å². The summed E-state index contributed by atoms with van der Waals surface area (Å²) in [5, 5.41) is 11.7. The lowest BCUT2D eigenvalue weighted by Gasteiger charge is -2.25. The van der Waals surface area contributed by atoms with Gasteiger partial charge in [0.05, 0.1) is 17.9 Å². The van der Waals surface area contributed by atoms with Gasteiger partial charge in [0.2, 0.25) is 0 Å². The van der Waals surface area contributed by atoms with Crippen LogP contribution in [0.1, 0.15) is 0 Å². The van der Waals surface area contributed by atoms with Crippen molar-refractivity contribution in [1.82, 2.24) is 0 Å². The first-order chi connectivity index (χ1) is 6.70. The molecule has 2 amide bonds.